The van der Waals surface area contributed by atoms with E-state index in [1.54, 1.807) is 0 Å². The van der Waals surface area contributed by atoms with Crippen LogP contribution < -0.4 is 15.5 Å². The molecule has 0 amide bonds. The summed E-state index contributed by atoms with van der Waals surface area (Å²) in [5, 5.41) is 7.02. The molecule has 1 aliphatic carbocycles. The molecule has 1 aliphatic heterocycles. The molecule has 0 unspecified atom stereocenters. The number of rotatable bonds is 6. The van der Waals surface area contributed by atoms with E-state index >= 15 is 0 Å². The highest BCUT2D eigenvalue weighted by Crippen LogP contribution is 2.17. The minimum absolute atomic E-state index is 0.622. The zero-order valence-corrected chi connectivity index (χ0v) is 15.6. The highest BCUT2D eigenvalue weighted by Gasteiger charge is 2.17. The Labute approximate surface area is 152 Å². The minimum atomic E-state index is 0.622. The van der Waals surface area contributed by atoms with Gasteiger partial charge in [-0.2, -0.15) is 0 Å². The topological polar surface area (TPSA) is 42.9 Å². The summed E-state index contributed by atoms with van der Waals surface area (Å²) in [6.07, 6.45) is 6.43. The number of aliphatic imine (C=N–C) groups is 1. The Morgan fingerprint density at radius 2 is 1.80 bits per heavy atom. The number of para-hydroxylation sites is 1. The van der Waals surface area contributed by atoms with E-state index < -0.39 is 0 Å². The third kappa shape index (κ3) is 5.63. The molecule has 1 saturated carbocycles. The van der Waals surface area contributed by atoms with E-state index in [0.717, 1.165) is 51.6 Å². The van der Waals surface area contributed by atoms with E-state index in [9.17, 15) is 0 Å². The minimum Gasteiger partial charge on any atom is -0.369 e. The van der Waals surface area contributed by atoms with Gasteiger partial charge in [-0.05, 0) is 37.9 Å². The second kappa shape index (κ2) is 9.66. The van der Waals surface area contributed by atoms with Crippen LogP contribution in [0, 0.1) is 0 Å². The van der Waals surface area contributed by atoms with E-state index in [-0.39, 0.29) is 0 Å². The summed E-state index contributed by atoms with van der Waals surface area (Å²) in [5.41, 5.74) is 1.35. The molecule has 2 N–H and O–H groups in total. The van der Waals surface area contributed by atoms with Gasteiger partial charge in [-0.3, -0.25) is 9.89 Å². The van der Waals surface area contributed by atoms with Gasteiger partial charge in [0.25, 0.3) is 0 Å². The first-order valence-electron chi connectivity index (χ1n) is 9.84. The van der Waals surface area contributed by atoms with Crippen LogP contribution in [0.5, 0.6) is 0 Å². The Balaban J connectivity index is 1.29. The van der Waals surface area contributed by atoms with Gasteiger partial charge < -0.3 is 15.5 Å². The third-order valence-electron chi connectivity index (χ3n) is 5.36. The smallest absolute Gasteiger partial charge is 0.191 e. The van der Waals surface area contributed by atoms with E-state index in [4.69, 9.17) is 0 Å². The van der Waals surface area contributed by atoms with E-state index in [1.807, 2.05) is 7.05 Å². The summed E-state index contributed by atoms with van der Waals surface area (Å²) < 4.78 is 0. The lowest BCUT2D eigenvalue weighted by atomic mass is 10.2. The van der Waals surface area contributed by atoms with Crippen LogP contribution in [0.3, 0.4) is 0 Å². The first-order chi connectivity index (χ1) is 12.3. The van der Waals surface area contributed by atoms with Gasteiger partial charge in [0.1, 0.15) is 0 Å². The van der Waals surface area contributed by atoms with Crippen molar-refractivity contribution in [1.29, 1.82) is 0 Å². The molecule has 5 heteroatoms. The quantitative estimate of drug-likeness (QED) is 0.473. The molecule has 3 rings (SSSR count). The normalized spacial score (nSPS) is 20.0. The van der Waals surface area contributed by atoms with Gasteiger partial charge in [-0.1, -0.05) is 31.0 Å². The predicted octanol–water partition coefficient (Wildman–Crippen LogP) is 2.31. The van der Waals surface area contributed by atoms with Crippen LogP contribution in [0.15, 0.2) is 35.3 Å². The molecule has 138 valence electrons. The van der Waals surface area contributed by atoms with Crippen molar-refractivity contribution in [2.24, 2.45) is 4.99 Å². The lowest BCUT2D eigenvalue weighted by molar-refractivity contribution is 0.255. The van der Waals surface area contributed by atoms with Gasteiger partial charge in [0.15, 0.2) is 5.96 Å². The Morgan fingerprint density at radius 3 is 2.48 bits per heavy atom. The third-order valence-corrected chi connectivity index (χ3v) is 5.36. The summed E-state index contributed by atoms with van der Waals surface area (Å²) in [4.78, 5) is 9.42. The Bertz CT molecular complexity index is 516. The lowest BCUT2D eigenvalue weighted by Gasteiger charge is -2.36. The number of hydrogen-bond acceptors (Lipinski definition) is 3. The van der Waals surface area contributed by atoms with Gasteiger partial charge in [-0.15, -0.1) is 0 Å². The molecule has 2 fully saturated rings. The molecule has 1 aromatic rings. The van der Waals surface area contributed by atoms with Crippen LogP contribution in [0.1, 0.15) is 32.1 Å². The SMILES string of the molecule is CN=C(NCCCN1CCN(c2ccccc2)CC1)NC1CCCC1. The molecule has 0 bridgehead atoms. The molecule has 0 spiro atoms. The standard InChI is InChI=1S/C20H33N5/c1-21-20(23-18-8-5-6-9-18)22-12-7-13-24-14-16-25(17-15-24)19-10-3-2-4-11-19/h2-4,10-11,18H,5-9,12-17H2,1H3,(H2,21,22,23). The zero-order valence-electron chi connectivity index (χ0n) is 15.6. The molecule has 5 nitrogen and oxygen atoms in total. The summed E-state index contributed by atoms with van der Waals surface area (Å²) in [6, 6.07) is 11.4. The Morgan fingerprint density at radius 1 is 1.08 bits per heavy atom. The van der Waals surface area contributed by atoms with E-state index in [2.05, 4.69) is 55.8 Å². The average Bonchev–Trinajstić information content (AvgIpc) is 3.18. The van der Waals surface area contributed by atoms with Crippen molar-refractivity contribution < 1.29 is 0 Å². The van der Waals surface area contributed by atoms with Crippen molar-refractivity contribution in [3.8, 4) is 0 Å². The maximum Gasteiger partial charge on any atom is 0.191 e. The molecule has 0 radical (unpaired) electrons. The van der Waals surface area contributed by atoms with Crippen LogP contribution in [0.25, 0.3) is 0 Å². The molecule has 2 aliphatic rings. The molecule has 25 heavy (non-hydrogen) atoms. The monoisotopic (exact) mass is 343 g/mol. The van der Waals surface area contributed by atoms with E-state index in [1.165, 1.54) is 31.4 Å². The Kier molecular flexibility index (Phi) is 6.98. The maximum atomic E-state index is 4.35. The fourth-order valence-electron chi connectivity index (χ4n) is 3.84. The molecule has 1 heterocycles. The van der Waals surface area contributed by atoms with Gasteiger partial charge in [-0.25, -0.2) is 0 Å². The largest absolute Gasteiger partial charge is 0.369 e. The lowest BCUT2D eigenvalue weighted by Crippen LogP contribution is -2.47. The first-order valence-corrected chi connectivity index (χ1v) is 9.84. The fraction of sp³-hybridized carbons (Fsp3) is 0.650. The zero-order chi connectivity index (χ0) is 17.3. The predicted molar refractivity (Wildman–Crippen MR) is 106 cm³/mol. The second-order valence-corrected chi connectivity index (χ2v) is 7.14. The molecule has 1 saturated heterocycles. The summed E-state index contributed by atoms with van der Waals surface area (Å²) in [7, 11) is 1.87. The van der Waals surface area contributed by atoms with Crippen molar-refractivity contribution in [1.82, 2.24) is 15.5 Å². The molecule has 0 atom stereocenters. The van der Waals surface area contributed by atoms with Crippen molar-refractivity contribution in [2.45, 2.75) is 38.1 Å². The van der Waals surface area contributed by atoms with Crippen molar-refractivity contribution in [3.63, 3.8) is 0 Å². The summed E-state index contributed by atoms with van der Waals surface area (Å²) in [5.74, 6) is 0.973. The van der Waals surface area contributed by atoms with Crippen LogP contribution in [0.4, 0.5) is 5.69 Å². The molecule has 0 aromatic heterocycles. The summed E-state index contributed by atoms with van der Waals surface area (Å²) in [6.45, 7) is 6.72. The fourth-order valence-corrected chi connectivity index (χ4v) is 3.84. The van der Waals surface area contributed by atoms with Crippen LogP contribution in [-0.2, 0) is 0 Å². The Hall–Kier alpha value is -1.75. The highest BCUT2D eigenvalue weighted by atomic mass is 15.3. The van der Waals surface area contributed by atoms with Crippen molar-refractivity contribution in [2.75, 3.05) is 51.2 Å². The molecular formula is C20H33N5. The van der Waals surface area contributed by atoms with Gasteiger partial charge in [0.05, 0.1) is 0 Å². The number of piperazine rings is 1. The summed E-state index contributed by atoms with van der Waals surface area (Å²) >= 11 is 0. The maximum absolute atomic E-state index is 4.35. The number of nitrogens with one attached hydrogen (secondary N) is 2. The van der Waals surface area contributed by atoms with E-state index in [0.29, 0.717) is 6.04 Å². The van der Waals surface area contributed by atoms with Gasteiger partial charge in [0, 0.05) is 51.5 Å². The second-order valence-electron chi connectivity index (χ2n) is 7.14. The van der Waals surface area contributed by atoms with Crippen molar-refractivity contribution in [3.05, 3.63) is 30.3 Å². The number of benzene rings is 1. The number of guanidine groups is 1. The van der Waals surface area contributed by atoms with Crippen molar-refractivity contribution >= 4 is 11.6 Å². The van der Waals surface area contributed by atoms with Gasteiger partial charge >= 0.3 is 0 Å². The molecule has 1 aromatic carbocycles. The highest BCUT2D eigenvalue weighted by molar-refractivity contribution is 5.79. The average molecular weight is 344 g/mol. The van der Waals surface area contributed by atoms with Crippen LogP contribution in [-0.4, -0.2) is 63.2 Å². The first kappa shape index (κ1) is 18.1. The number of hydrogen-bond donors (Lipinski definition) is 2. The van der Waals surface area contributed by atoms with Gasteiger partial charge in [0.2, 0.25) is 0 Å². The van der Waals surface area contributed by atoms with Crippen LogP contribution >= 0.6 is 0 Å². The number of anilines is 1. The number of nitrogens with zero attached hydrogens (tertiary/aromatic N) is 3. The van der Waals surface area contributed by atoms with Crippen LogP contribution in [0.2, 0.25) is 0 Å². The molecular weight excluding hydrogens is 310 g/mol.